The molecule has 0 saturated carbocycles. The predicted molar refractivity (Wildman–Crippen MR) is 121 cm³/mol. The van der Waals surface area contributed by atoms with Crippen LogP contribution in [0.4, 0.5) is 5.82 Å². The largest absolute Gasteiger partial charge is 0.488 e. The average molecular weight is 447 g/mol. The second-order valence-electron chi connectivity index (χ2n) is 7.47. The maximum atomic E-state index is 12.8. The van der Waals surface area contributed by atoms with Crippen molar-refractivity contribution in [3.8, 4) is 5.75 Å². The summed E-state index contributed by atoms with van der Waals surface area (Å²) in [5, 5.41) is 0. The fourth-order valence-electron chi connectivity index (χ4n) is 3.49. The number of hydrogen-bond donors (Lipinski definition) is 1. The molecule has 0 radical (unpaired) electrons. The highest BCUT2D eigenvalue weighted by atomic mass is 16.5. The molecule has 1 aliphatic rings. The number of anilines is 1. The molecule has 0 fully saturated rings. The lowest BCUT2D eigenvalue weighted by molar-refractivity contribution is -0.138. The maximum absolute atomic E-state index is 12.8. The lowest BCUT2D eigenvalue weighted by Gasteiger charge is -2.17. The van der Waals surface area contributed by atoms with Crippen molar-refractivity contribution in [2.75, 3.05) is 18.9 Å². The summed E-state index contributed by atoms with van der Waals surface area (Å²) in [5.74, 6) is -1.18. The lowest BCUT2D eigenvalue weighted by atomic mass is 10.1. The number of carbonyl (C=O) groups is 2. The summed E-state index contributed by atoms with van der Waals surface area (Å²) in [6.07, 6.45) is 1.62. The number of ether oxygens (including phenoxy) is 2. The Balaban J connectivity index is 1.56. The summed E-state index contributed by atoms with van der Waals surface area (Å²) < 4.78 is 12.6. The fourth-order valence-corrected chi connectivity index (χ4v) is 3.49. The minimum Gasteiger partial charge on any atom is -0.488 e. The molecule has 1 aromatic heterocycles. The summed E-state index contributed by atoms with van der Waals surface area (Å²) in [4.78, 5) is 50.5. The van der Waals surface area contributed by atoms with Crippen LogP contribution >= 0.6 is 0 Å². The summed E-state index contributed by atoms with van der Waals surface area (Å²) in [5.41, 5.74) is 5.87. The number of benzene rings is 2. The normalized spacial score (nSPS) is 12.3. The summed E-state index contributed by atoms with van der Waals surface area (Å²) >= 11 is 0. The van der Waals surface area contributed by atoms with Crippen LogP contribution in [0.1, 0.15) is 21.5 Å². The molecule has 0 spiro atoms. The van der Waals surface area contributed by atoms with E-state index in [1.165, 1.54) is 7.05 Å². The van der Waals surface area contributed by atoms with Crippen molar-refractivity contribution in [1.82, 2.24) is 9.13 Å². The van der Waals surface area contributed by atoms with Crippen LogP contribution in [0.15, 0.2) is 69.8 Å². The average Bonchev–Trinajstić information content (AvgIpc) is 2.84. The molecular formula is C24H21N3O6. The third kappa shape index (κ3) is 4.33. The van der Waals surface area contributed by atoms with Crippen LogP contribution in [-0.2, 0) is 23.1 Å². The molecule has 9 nitrogen and oxygen atoms in total. The van der Waals surface area contributed by atoms with Crippen molar-refractivity contribution < 1.29 is 19.1 Å². The van der Waals surface area contributed by atoms with E-state index in [9.17, 15) is 19.2 Å². The van der Waals surface area contributed by atoms with Gasteiger partial charge in [-0.2, -0.15) is 0 Å². The number of nitrogen functional groups attached to an aromatic ring is 1. The van der Waals surface area contributed by atoms with E-state index in [1.54, 1.807) is 48.5 Å². The van der Waals surface area contributed by atoms with Gasteiger partial charge in [0.05, 0.1) is 12.1 Å². The van der Waals surface area contributed by atoms with Crippen molar-refractivity contribution in [3.05, 3.63) is 97.7 Å². The zero-order valence-electron chi connectivity index (χ0n) is 17.8. The van der Waals surface area contributed by atoms with E-state index >= 15 is 0 Å². The highest BCUT2D eigenvalue weighted by Crippen LogP contribution is 2.26. The minimum absolute atomic E-state index is 0.00407. The van der Waals surface area contributed by atoms with Crippen LogP contribution in [0, 0.1) is 0 Å². The van der Waals surface area contributed by atoms with E-state index in [0.717, 1.165) is 14.7 Å². The van der Waals surface area contributed by atoms with Gasteiger partial charge in [-0.1, -0.05) is 48.5 Å². The van der Waals surface area contributed by atoms with Gasteiger partial charge in [0.25, 0.3) is 5.56 Å². The zero-order valence-corrected chi connectivity index (χ0v) is 17.8. The van der Waals surface area contributed by atoms with E-state index in [4.69, 9.17) is 15.2 Å². The lowest BCUT2D eigenvalue weighted by Crippen LogP contribution is -2.43. The molecule has 1 aliphatic heterocycles. The number of nitrogens with zero attached hydrogens (tertiary/aromatic N) is 2. The van der Waals surface area contributed by atoms with Gasteiger partial charge in [-0.25, -0.2) is 9.59 Å². The van der Waals surface area contributed by atoms with E-state index < -0.39 is 35.2 Å². The standard InChI is InChI=1S/C24H21N3O6/c1-26-22(29)20(21(25)27(24(26)31)12-15-7-3-2-4-8-15)18(28)14-33-23(30)17-11-16-9-5-6-10-19(16)32-13-17/h2-11H,12-14,25H2,1H3. The van der Waals surface area contributed by atoms with Gasteiger partial charge in [-0.15, -0.1) is 0 Å². The van der Waals surface area contributed by atoms with Gasteiger partial charge in [0.15, 0.2) is 6.61 Å². The number of aromatic nitrogens is 2. The van der Waals surface area contributed by atoms with Crippen molar-refractivity contribution in [2.24, 2.45) is 7.05 Å². The first-order valence-electron chi connectivity index (χ1n) is 10.1. The topological polar surface area (TPSA) is 123 Å². The molecule has 0 atom stereocenters. The van der Waals surface area contributed by atoms with Gasteiger partial charge in [0.2, 0.25) is 5.78 Å². The van der Waals surface area contributed by atoms with Gasteiger partial charge in [0.1, 0.15) is 23.7 Å². The number of esters is 1. The fraction of sp³-hybridized carbons (Fsp3) is 0.167. The highest BCUT2D eigenvalue weighted by molar-refractivity contribution is 6.03. The first kappa shape index (κ1) is 21.8. The molecule has 0 unspecified atom stereocenters. The van der Waals surface area contributed by atoms with Crippen LogP contribution in [-0.4, -0.2) is 34.1 Å². The zero-order chi connectivity index (χ0) is 23.5. The van der Waals surface area contributed by atoms with Gasteiger partial charge in [0, 0.05) is 12.6 Å². The van der Waals surface area contributed by atoms with Crippen LogP contribution in [0.5, 0.6) is 5.75 Å². The van der Waals surface area contributed by atoms with Gasteiger partial charge < -0.3 is 15.2 Å². The third-order valence-corrected chi connectivity index (χ3v) is 5.27. The number of carbonyl (C=O) groups excluding carboxylic acids is 2. The number of fused-ring (bicyclic) bond motifs is 1. The molecule has 0 saturated heterocycles. The number of rotatable bonds is 6. The minimum atomic E-state index is -0.850. The molecule has 4 rings (SSSR count). The number of ketones is 1. The molecule has 2 aromatic carbocycles. The highest BCUT2D eigenvalue weighted by Gasteiger charge is 2.24. The smallest absolute Gasteiger partial charge is 0.337 e. The van der Waals surface area contributed by atoms with Crippen molar-refractivity contribution in [1.29, 1.82) is 0 Å². The molecule has 3 aromatic rings. The Morgan fingerprint density at radius 3 is 2.52 bits per heavy atom. The van der Waals surface area contributed by atoms with Crippen molar-refractivity contribution in [2.45, 2.75) is 6.54 Å². The molecule has 0 bridgehead atoms. The molecule has 0 amide bonds. The van der Waals surface area contributed by atoms with Crippen molar-refractivity contribution >= 4 is 23.6 Å². The monoisotopic (exact) mass is 447 g/mol. The molecular weight excluding hydrogens is 426 g/mol. The summed E-state index contributed by atoms with van der Waals surface area (Å²) in [7, 11) is 1.26. The number of Topliss-reactive ketones (excluding diaryl/α,β-unsaturated/α-hetero) is 1. The number of hydrogen-bond acceptors (Lipinski definition) is 7. The van der Waals surface area contributed by atoms with Crippen molar-refractivity contribution in [3.63, 3.8) is 0 Å². The maximum Gasteiger partial charge on any atom is 0.337 e. The number of para-hydroxylation sites is 1. The Morgan fingerprint density at radius 1 is 1.06 bits per heavy atom. The van der Waals surface area contributed by atoms with Crippen LogP contribution in [0.25, 0.3) is 6.08 Å². The second kappa shape index (κ2) is 8.99. The summed E-state index contributed by atoms with van der Waals surface area (Å²) in [6.45, 7) is -0.639. The first-order chi connectivity index (χ1) is 15.9. The molecule has 33 heavy (non-hydrogen) atoms. The van der Waals surface area contributed by atoms with Crippen LogP contribution in [0.3, 0.4) is 0 Å². The Labute approximate surface area is 188 Å². The van der Waals surface area contributed by atoms with Crippen LogP contribution in [0.2, 0.25) is 0 Å². The Bertz CT molecular complexity index is 1390. The van der Waals surface area contributed by atoms with E-state index in [-0.39, 0.29) is 24.5 Å². The summed E-state index contributed by atoms with van der Waals surface area (Å²) in [6, 6.07) is 16.2. The van der Waals surface area contributed by atoms with Gasteiger partial charge in [-0.3, -0.25) is 18.7 Å². The van der Waals surface area contributed by atoms with E-state index in [0.29, 0.717) is 11.3 Å². The quantitative estimate of drug-likeness (QED) is 0.447. The molecule has 0 aliphatic carbocycles. The molecule has 2 heterocycles. The van der Waals surface area contributed by atoms with E-state index in [1.807, 2.05) is 12.1 Å². The Kier molecular flexibility index (Phi) is 5.95. The first-order valence-corrected chi connectivity index (χ1v) is 10.1. The van der Waals surface area contributed by atoms with E-state index in [2.05, 4.69) is 0 Å². The van der Waals surface area contributed by atoms with Gasteiger partial charge in [-0.05, 0) is 17.7 Å². The Morgan fingerprint density at radius 2 is 1.76 bits per heavy atom. The molecule has 2 N–H and O–H groups in total. The molecule has 9 heteroatoms. The Hall–Kier alpha value is -4.40. The van der Waals surface area contributed by atoms with Crippen LogP contribution < -0.4 is 21.7 Å². The van der Waals surface area contributed by atoms with Gasteiger partial charge >= 0.3 is 11.7 Å². The SMILES string of the molecule is Cn1c(=O)c(C(=O)COC(=O)C2=Cc3ccccc3OC2)c(N)n(Cc2ccccc2)c1=O. The molecule has 168 valence electrons. The number of nitrogens with two attached hydrogens (primary N) is 1. The third-order valence-electron chi connectivity index (χ3n) is 5.27. The second-order valence-corrected chi connectivity index (χ2v) is 7.47. The predicted octanol–water partition coefficient (Wildman–Crippen LogP) is 1.38.